The highest BCUT2D eigenvalue weighted by Gasteiger charge is 2.04. The van der Waals surface area contributed by atoms with Crippen molar-refractivity contribution in [1.29, 1.82) is 0 Å². The van der Waals surface area contributed by atoms with Gasteiger partial charge < -0.3 is 0 Å². The summed E-state index contributed by atoms with van der Waals surface area (Å²) in [5.74, 6) is 0. The zero-order valence-electron chi connectivity index (χ0n) is 11.3. The Balaban J connectivity index is 0.000000171. The number of rotatable bonds is 0. The molecule has 0 aliphatic rings. The zero-order chi connectivity index (χ0) is 13.2. The second-order valence-corrected chi connectivity index (χ2v) is 7.93. The van der Waals surface area contributed by atoms with Gasteiger partial charge in [-0.25, -0.2) is 0 Å². The van der Waals surface area contributed by atoms with Crippen molar-refractivity contribution < 1.29 is 0 Å². The smallest absolute Gasteiger partial charge is 0.0343 e. The van der Waals surface area contributed by atoms with Gasteiger partial charge in [0.25, 0.3) is 0 Å². The van der Waals surface area contributed by atoms with Crippen molar-refractivity contribution in [2.24, 2.45) is 0 Å². The van der Waals surface area contributed by atoms with Gasteiger partial charge in [-0.1, -0.05) is 0 Å². The molecule has 2 heterocycles. The molecule has 0 radical (unpaired) electrons. The summed E-state index contributed by atoms with van der Waals surface area (Å²) in [5.41, 5.74) is 2.81. The SMILES string of the molecule is Cc1cc(C)c(C)s1.Cc1sc(C)c(Br)c1C. The summed E-state index contributed by atoms with van der Waals surface area (Å²) in [6.45, 7) is 12.9. The molecule has 0 aliphatic carbocycles. The molecule has 0 bridgehead atoms. The summed E-state index contributed by atoms with van der Waals surface area (Å²) in [4.78, 5) is 5.66. The van der Waals surface area contributed by atoms with Crippen molar-refractivity contribution in [3.63, 3.8) is 0 Å². The van der Waals surface area contributed by atoms with E-state index in [0.29, 0.717) is 0 Å². The van der Waals surface area contributed by atoms with Crippen LogP contribution in [-0.4, -0.2) is 0 Å². The van der Waals surface area contributed by atoms with E-state index in [2.05, 4.69) is 63.5 Å². The summed E-state index contributed by atoms with van der Waals surface area (Å²) in [6, 6.07) is 2.22. The molecule has 2 rings (SSSR count). The predicted octanol–water partition coefficient (Wildman–Crippen LogP) is 6.11. The standard InChI is InChI=1S/C7H9BrS.C7H10S/c1-4-5(2)9-6(3)7(4)8;1-5-4-6(2)8-7(5)3/h1-3H3;4H,1-3H3. The molecule has 94 valence electrons. The largest absolute Gasteiger partial charge is 0.146 e. The Morgan fingerprint density at radius 2 is 1.41 bits per heavy atom. The summed E-state index contributed by atoms with van der Waals surface area (Å²) in [5, 5.41) is 0. The fraction of sp³-hybridized carbons (Fsp3) is 0.429. The average Bonchev–Trinajstić information content (AvgIpc) is 2.64. The van der Waals surface area contributed by atoms with Crippen LogP contribution in [0.4, 0.5) is 0 Å². The highest BCUT2D eigenvalue weighted by molar-refractivity contribution is 9.10. The molecule has 0 nitrogen and oxygen atoms in total. The third-order valence-electron chi connectivity index (χ3n) is 2.76. The number of hydrogen-bond acceptors (Lipinski definition) is 2. The first kappa shape index (κ1) is 14.9. The number of hydrogen-bond donors (Lipinski definition) is 0. The van der Waals surface area contributed by atoms with Crippen LogP contribution in [0.25, 0.3) is 0 Å². The number of aryl methyl sites for hydroxylation is 5. The Hall–Kier alpha value is -0.120. The van der Waals surface area contributed by atoms with Crippen LogP contribution < -0.4 is 0 Å². The van der Waals surface area contributed by atoms with E-state index < -0.39 is 0 Å². The van der Waals surface area contributed by atoms with Crippen LogP contribution in [0.5, 0.6) is 0 Å². The van der Waals surface area contributed by atoms with Crippen LogP contribution in [0, 0.1) is 41.5 Å². The molecule has 3 heteroatoms. The topological polar surface area (TPSA) is 0 Å². The van der Waals surface area contributed by atoms with E-state index in [1.165, 1.54) is 35.1 Å². The van der Waals surface area contributed by atoms with Gasteiger partial charge in [-0.15, -0.1) is 22.7 Å². The first-order chi connectivity index (χ1) is 7.82. The second-order valence-electron chi connectivity index (χ2n) is 4.25. The van der Waals surface area contributed by atoms with E-state index >= 15 is 0 Å². The van der Waals surface area contributed by atoms with Crippen LogP contribution in [-0.2, 0) is 0 Å². The Morgan fingerprint density at radius 3 is 1.53 bits per heavy atom. The molecule has 0 aliphatic heterocycles. The highest BCUT2D eigenvalue weighted by Crippen LogP contribution is 2.30. The lowest BCUT2D eigenvalue weighted by atomic mass is 10.3. The highest BCUT2D eigenvalue weighted by atomic mass is 79.9. The number of thiophene rings is 2. The van der Waals surface area contributed by atoms with Gasteiger partial charge in [-0.2, -0.15) is 0 Å². The predicted molar refractivity (Wildman–Crippen MR) is 84.8 cm³/mol. The molecule has 0 atom stereocenters. The van der Waals surface area contributed by atoms with Crippen molar-refractivity contribution >= 4 is 38.6 Å². The monoisotopic (exact) mass is 330 g/mol. The Morgan fingerprint density at radius 1 is 0.824 bits per heavy atom. The molecule has 0 N–H and O–H groups in total. The third-order valence-corrected chi connectivity index (χ3v) is 6.40. The minimum atomic E-state index is 1.28. The summed E-state index contributed by atoms with van der Waals surface area (Å²) in [6.07, 6.45) is 0. The van der Waals surface area contributed by atoms with Gasteiger partial charge in [0.15, 0.2) is 0 Å². The summed E-state index contributed by atoms with van der Waals surface area (Å²) < 4.78 is 1.28. The Kier molecular flexibility index (Phi) is 5.42. The zero-order valence-corrected chi connectivity index (χ0v) is 14.5. The Bertz CT molecular complexity index is 465. The van der Waals surface area contributed by atoms with Crippen LogP contribution in [0.15, 0.2) is 10.5 Å². The first-order valence-corrected chi connectivity index (χ1v) is 8.01. The first-order valence-electron chi connectivity index (χ1n) is 5.58. The summed E-state index contributed by atoms with van der Waals surface area (Å²) >= 11 is 7.23. The second kappa shape index (κ2) is 6.17. The normalized spacial score (nSPS) is 10.1. The number of halogens is 1. The van der Waals surface area contributed by atoms with E-state index in [9.17, 15) is 0 Å². The summed E-state index contributed by atoms with van der Waals surface area (Å²) in [7, 11) is 0. The molecule has 2 aromatic rings. The lowest BCUT2D eigenvalue weighted by Crippen LogP contribution is -1.68. The van der Waals surface area contributed by atoms with Gasteiger partial charge in [0.2, 0.25) is 0 Å². The van der Waals surface area contributed by atoms with Gasteiger partial charge >= 0.3 is 0 Å². The fourth-order valence-corrected chi connectivity index (χ4v) is 4.09. The fourth-order valence-electron chi connectivity index (χ4n) is 1.53. The van der Waals surface area contributed by atoms with Crippen LogP contribution in [0.3, 0.4) is 0 Å². The van der Waals surface area contributed by atoms with Crippen LogP contribution >= 0.6 is 38.6 Å². The molecule has 0 unspecified atom stereocenters. The van der Waals surface area contributed by atoms with E-state index in [-0.39, 0.29) is 0 Å². The van der Waals surface area contributed by atoms with Crippen molar-refractivity contribution in [3.8, 4) is 0 Å². The molecule has 0 aromatic carbocycles. The maximum Gasteiger partial charge on any atom is 0.0343 e. The van der Waals surface area contributed by atoms with Crippen molar-refractivity contribution in [2.75, 3.05) is 0 Å². The van der Waals surface area contributed by atoms with Crippen LogP contribution in [0.1, 0.15) is 30.6 Å². The average molecular weight is 331 g/mol. The molecular formula is C14H19BrS2. The maximum atomic E-state index is 3.51. The van der Waals surface area contributed by atoms with E-state index in [0.717, 1.165) is 0 Å². The molecule has 0 spiro atoms. The molecular weight excluding hydrogens is 312 g/mol. The maximum absolute atomic E-state index is 3.51. The van der Waals surface area contributed by atoms with Gasteiger partial charge in [-0.3, -0.25) is 0 Å². The Labute approximate surface area is 121 Å². The van der Waals surface area contributed by atoms with Crippen molar-refractivity contribution in [2.45, 2.75) is 41.5 Å². The van der Waals surface area contributed by atoms with Gasteiger partial charge in [0.05, 0.1) is 0 Å². The van der Waals surface area contributed by atoms with Crippen molar-refractivity contribution in [1.82, 2.24) is 0 Å². The molecule has 0 fully saturated rings. The molecule has 2 aromatic heterocycles. The van der Waals surface area contributed by atoms with Gasteiger partial charge in [0, 0.05) is 24.0 Å². The molecule has 0 saturated heterocycles. The lowest BCUT2D eigenvalue weighted by Gasteiger charge is -1.86. The minimum absolute atomic E-state index is 1.28. The van der Waals surface area contributed by atoms with E-state index in [1.807, 2.05) is 22.7 Å². The quantitative estimate of drug-likeness (QED) is 0.546. The third kappa shape index (κ3) is 3.94. The van der Waals surface area contributed by atoms with Crippen molar-refractivity contribution in [3.05, 3.63) is 41.2 Å². The van der Waals surface area contributed by atoms with Gasteiger partial charge in [0.1, 0.15) is 0 Å². The minimum Gasteiger partial charge on any atom is -0.146 e. The molecule has 0 saturated carbocycles. The molecule has 0 amide bonds. The molecule has 17 heavy (non-hydrogen) atoms. The van der Waals surface area contributed by atoms with Gasteiger partial charge in [-0.05, 0) is 74.7 Å². The van der Waals surface area contributed by atoms with E-state index in [1.54, 1.807) is 0 Å². The lowest BCUT2D eigenvalue weighted by molar-refractivity contribution is 1.39. The van der Waals surface area contributed by atoms with E-state index in [4.69, 9.17) is 0 Å². The van der Waals surface area contributed by atoms with Crippen LogP contribution in [0.2, 0.25) is 0 Å².